The van der Waals surface area contributed by atoms with E-state index in [1.54, 1.807) is 0 Å². The highest BCUT2D eigenvalue weighted by atomic mass is 13.5. The molecule has 0 aromatic rings. The predicted molar refractivity (Wildman–Crippen MR) is 796 cm³/mol. The Labute approximate surface area is 776 Å². The topological polar surface area (TPSA) is 0 Å². The van der Waals surface area contributed by atoms with Crippen molar-refractivity contribution < 1.29 is 0 Å². The first kappa shape index (κ1) is 118. The van der Waals surface area contributed by atoms with E-state index < -0.39 is 0 Å². The summed E-state index contributed by atoms with van der Waals surface area (Å²) in [6.45, 7) is 0. The zero-order valence-electron chi connectivity index (χ0n) is 87.9. The minimum absolute atomic E-state index is 0.375. The van der Waals surface area contributed by atoms with Crippen LogP contribution in [0, 0.1) is 0 Å². The fourth-order valence-electron chi connectivity index (χ4n) is 32.6. The van der Waals surface area contributed by atoms with Gasteiger partial charge in [-0.1, -0.05) is 0 Å². The van der Waals surface area contributed by atoms with Crippen LogP contribution in [0.1, 0.15) is 0 Å². The molecule has 0 nitrogen and oxygen atoms in total. The van der Waals surface area contributed by atoms with Gasteiger partial charge < -0.3 is 0 Å². The summed E-state index contributed by atoms with van der Waals surface area (Å²) in [7, 11) is 159. The molecule has 0 rings (SSSR count). The SMILES string of the molecule is BBB(B)B(B(B)B)B(B(B(B)B)B(B)B)B(B(B(B(B(B)B)B(B)B)B(B(B)B)B(B)B)B(B(B(B)B)B(B)B)B(B(B)B)B(B)B)B(B(B(B(B(B)B)B(B)B)B(B(B)B)B(B)B)B(B(B(B)B)B(B)B)B(B(B)B)B(B)B)B(B(B(B(B)B)B(B)B)B(B(B)B)B(B)B)B(B(B(B)B)B(B)B)B(B(B)B)B(B)B. The smallest absolute Gasteiger partial charge is 0.000000138 e. The summed E-state index contributed by atoms with van der Waals surface area (Å²) >= 11 is 0. The van der Waals surface area contributed by atoms with E-state index in [-0.39, 0.29) is 0 Å². The first-order valence-corrected chi connectivity index (χ1v) is 50.5. The third kappa shape index (κ3) is 31.8. The fraction of sp³-hybridized carbons (Fsp3) is 0. The second kappa shape index (κ2) is 54.6. The standard InChI is InChI=1S/B111H113/c1-57-85(56)99(84(54)55)106(98(82(50)51)83(52)53)110(107(100(86(58(2)3)59(4)5)87(60(6)7)61(8)9)101(88(62(10)11)63(12)13)89(64(14)15)65(16)17)111(108(102(90(66(18)19)67(20)21)91(68(22)23)69(24)25)103(92(70(26)27)71(28)29)93(72(30)31)73(32)33)109(104(94(74(34)35)75(36)37)95(76(38)39)77(40)41)105(96(78(42)43)79(44)45)97(80(46)47)81(48)49/h57H,1-56H2. The van der Waals surface area contributed by atoms with Gasteiger partial charge in [0.2, 0.25) is 0 Å². The molecule has 111 heteroatoms. The summed E-state index contributed by atoms with van der Waals surface area (Å²) < 4.78 is 0. The van der Waals surface area contributed by atoms with Crippen molar-refractivity contribution in [3.63, 3.8) is 0 Å². The zero-order valence-corrected chi connectivity index (χ0v) is 87.9. The highest BCUT2D eigenvalue weighted by molar-refractivity contribution is 8.45. The maximum Gasteiger partial charge on any atom is 0.0594 e. The molecule has 0 aliphatic heterocycles. The van der Waals surface area contributed by atoms with Crippen LogP contribution in [-0.4, -0.2) is 785 Å². The van der Waals surface area contributed by atoms with E-state index in [1.807, 2.05) is 0 Å². The quantitative estimate of drug-likeness (QED) is 0.0533. The molecule has 0 saturated heterocycles. The van der Waals surface area contributed by atoms with Gasteiger partial charge in [-0.05, 0) is 0 Å². The average molecular weight is 1310 g/mol. The van der Waals surface area contributed by atoms with E-state index in [0.717, 1.165) is 0 Å². The molecule has 0 fully saturated rings. The Hall–Kier alpha value is 7.21. The van der Waals surface area contributed by atoms with Crippen molar-refractivity contribution in [3.8, 4) is 0 Å². The van der Waals surface area contributed by atoms with E-state index in [9.17, 15) is 0 Å². The van der Waals surface area contributed by atoms with Crippen LogP contribution in [0.4, 0.5) is 0 Å². The number of hydrogen-bond acceptors (Lipinski definition) is 0. The molecule has 0 amide bonds. The lowest BCUT2D eigenvalue weighted by molar-refractivity contribution is 3.12. The number of hydrogen-bond donors (Lipinski definition) is 0. The summed E-state index contributed by atoms with van der Waals surface area (Å²) in [6, 6.07) is 0. The summed E-state index contributed by atoms with van der Waals surface area (Å²) in [6.07, 6.45) is 26.9. The van der Waals surface area contributed by atoms with Crippen molar-refractivity contribution in [2.45, 2.75) is 0 Å². The van der Waals surface area contributed by atoms with E-state index >= 15 is 0 Å². The van der Waals surface area contributed by atoms with E-state index in [1.165, 1.54) is 7.06 Å². The lowest BCUT2D eigenvalue weighted by atomic mass is 8.17. The molecule has 0 saturated carbocycles. The van der Waals surface area contributed by atoms with Crippen LogP contribution < -0.4 is 0 Å². The van der Waals surface area contributed by atoms with Crippen LogP contribution in [0.25, 0.3) is 0 Å². The molecule has 0 atom stereocenters. The first-order chi connectivity index (χ1) is 50.5. The molecule has 111 heavy (non-hydrogen) atoms. The maximum atomic E-state index is 2.88. The van der Waals surface area contributed by atoms with Gasteiger partial charge in [-0.25, -0.2) is 0 Å². The third-order valence-electron chi connectivity index (χ3n) is 33.2. The minimum atomic E-state index is 0.375. The largest absolute Gasteiger partial charge is 0.0594 e. The van der Waals surface area contributed by atoms with Gasteiger partial charge >= 0.3 is 0 Å². The van der Waals surface area contributed by atoms with Crippen molar-refractivity contribution in [2.24, 2.45) is 0 Å². The molecule has 0 heterocycles. The molecule has 446 valence electrons. The summed E-state index contributed by atoms with van der Waals surface area (Å²) in [5.74, 6) is 0. The van der Waals surface area contributed by atoms with Crippen LogP contribution in [0.15, 0.2) is 0 Å². The van der Waals surface area contributed by atoms with Gasteiger partial charge in [0, 0.05) is 352 Å². The lowest BCUT2D eigenvalue weighted by Crippen LogP contribution is -3.02. The van der Waals surface area contributed by atoms with Crippen molar-refractivity contribution in [2.75, 3.05) is 0 Å². The Balaban J connectivity index is 15.7. The van der Waals surface area contributed by atoms with Gasteiger partial charge in [-0.3, -0.25) is 0 Å². The summed E-state index contributed by atoms with van der Waals surface area (Å²) in [5, 5.41) is 0. The van der Waals surface area contributed by atoms with Crippen molar-refractivity contribution in [1.82, 2.24) is 0 Å². The van der Waals surface area contributed by atoms with Crippen LogP contribution in [0.5, 0.6) is 0 Å². The molecule has 0 unspecified atom stereocenters. The Kier molecular flexibility index (Phi) is 58.2. The van der Waals surface area contributed by atoms with Gasteiger partial charge in [0.05, 0.1) is 433 Å². The van der Waals surface area contributed by atoms with Crippen LogP contribution in [-0.2, 0) is 0 Å². The summed E-state index contributed by atoms with van der Waals surface area (Å²) in [4.78, 5) is 0. The Morgan fingerprint density at radius 2 is 0.135 bits per heavy atom. The molecular formula is H113B111. The molecule has 0 N–H and O–H groups in total. The van der Waals surface area contributed by atoms with Crippen molar-refractivity contribution in [1.29, 1.82) is 0 Å². The zero-order chi connectivity index (χ0) is 87.9. The molecule has 0 aromatic heterocycles. The molecule has 0 aliphatic carbocycles. The number of rotatable bonds is 54. The van der Waals surface area contributed by atoms with Gasteiger partial charge in [0.25, 0.3) is 0 Å². The van der Waals surface area contributed by atoms with Crippen LogP contribution >= 0.6 is 0 Å². The first-order valence-electron chi connectivity index (χ1n) is 50.5. The van der Waals surface area contributed by atoms with Gasteiger partial charge in [0.15, 0.2) is 0 Å². The van der Waals surface area contributed by atoms with Gasteiger partial charge in [-0.2, -0.15) is 0 Å². The maximum absolute atomic E-state index is 2.88. The molecule has 0 radical (unpaired) electrons. The molecule has 0 aliphatic rings. The Morgan fingerprint density at radius 3 is 0.189 bits per heavy atom. The predicted octanol–water partition coefficient (Wildman–Crippen LogP) is -72.5. The molecule has 0 spiro atoms. The minimum Gasteiger partial charge on any atom is 0.000000138 e. The van der Waals surface area contributed by atoms with Crippen LogP contribution in [0.2, 0.25) is 0 Å². The van der Waals surface area contributed by atoms with Crippen LogP contribution in [0.3, 0.4) is 0 Å². The molecule has 0 bridgehead atoms. The Bertz CT molecular complexity index is 1890. The third-order valence-corrected chi connectivity index (χ3v) is 33.2. The highest BCUT2D eigenvalue weighted by Crippen LogP contribution is 2.32. The second-order valence-corrected chi connectivity index (χ2v) is 50.0. The monoisotopic (exact) mass is 1340 g/mol. The van der Waals surface area contributed by atoms with Crippen molar-refractivity contribution >= 4 is 785 Å². The lowest BCUT2D eigenvalue weighted by Gasteiger charge is -2.63. The second-order valence-electron chi connectivity index (χ2n) is 50.0. The van der Waals surface area contributed by atoms with Gasteiger partial charge in [-0.15, -0.1) is 0 Å². The average Bonchev–Trinajstić information content (AvgIpc) is 0.704. The molecular weight excluding hydrogens is 1200 g/mol. The Morgan fingerprint density at radius 1 is 0.0811 bits per heavy atom. The summed E-state index contributed by atoms with van der Waals surface area (Å²) in [5.41, 5.74) is 0. The van der Waals surface area contributed by atoms with E-state index in [2.05, 4.69) is 433 Å². The van der Waals surface area contributed by atoms with Crippen molar-refractivity contribution in [3.05, 3.63) is 0 Å². The highest BCUT2D eigenvalue weighted by Gasteiger charge is 2.70. The molecule has 0 aromatic carbocycles. The van der Waals surface area contributed by atoms with E-state index in [4.69, 9.17) is 0 Å². The normalized spacial score (nSPS) is 9.84. The fourth-order valence-corrected chi connectivity index (χ4v) is 32.6. The van der Waals surface area contributed by atoms with E-state index in [0.29, 0.717) is 345 Å². The van der Waals surface area contributed by atoms with Gasteiger partial charge in [0.1, 0.15) is 0 Å².